The molecule has 2 aromatic carbocycles. The number of nitrogens with zero attached hydrogens (tertiary/aromatic N) is 5. The summed E-state index contributed by atoms with van der Waals surface area (Å²) in [6.45, 7) is -0.246. The number of Topliss-reactive ketones (excluding diaryl/α,β-unsaturated/α-hetero) is 1. The fourth-order valence-corrected chi connectivity index (χ4v) is 3.27. The molecule has 0 spiro atoms. The number of rotatable bonds is 5. The summed E-state index contributed by atoms with van der Waals surface area (Å²) in [5, 5.41) is 17.1. The van der Waals surface area contributed by atoms with Crippen molar-refractivity contribution in [2.75, 3.05) is 30.5 Å². The monoisotopic (exact) mass is 387 g/mol. The van der Waals surface area contributed by atoms with E-state index in [9.17, 15) is 10.1 Å². The lowest BCUT2D eigenvalue weighted by Crippen LogP contribution is -2.27. The van der Waals surface area contributed by atoms with Gasteiger partial charge in [-0.2, -0.15) is 5.26 Å². The van der Waals surface area contributed by atoms with Crippen LogP contribution in [-0.2, 0) is 4.79 Å². The van der Waals surface area contributed by atoms with E-state index >= 15 is 0 Å². The summed E-state index contributed by atoms with van der Waals surface area (Å²) in [4.78, 5) is 16.4. The molecule has 0 N–H and O–H groups in total. The molecule has 0 radical (unpaired) electrons. The second-order valence-electron chi connectivity index (χ2n) is 6.40. The summed E-state index contributed by atoms with van der Waals surface area (Å²) in [5.74, 6) is 1.04. The van der Waals surface area contributed by atoms with Gasteiger partial charge in [0.2, 0.25) is 18.1 Å². The van der Waals surface area contributed by atoms with E-state index in [1.54, 1.807) is 24.3 Å². The van der Waals surface area contributed by atoms with Crippen molar-refractivity contribution in [3.63, 3.8) is 0 Å². The number of ketones is 1. The third kappa shape index (κ3) is 3.30. The Kier molecular flexibility index (Phi) is 4.71. The maximum absolute atomic E-state index is 12.7. The lowest BCUT2D eigenvalue weighted by Gasteiger charge is -2.20. The number of ether oxygens (including phenoxy) is 1. The number of carbonyl (C=O) groups is 1. The van der Waals surface area contributed by atoms with Crippen molar-refractivity contribution in [3.05, 3.63) is 66.3 Å². The van der Waals surface area contributed by atoms with Crippen molar-refractivity contribution in [2.45, 2.75) is 0 Å². The van der Waals surface area contributed by atoms with Crippen LogP contribution in [-0.4, -0.2) is 36.7 Å². The van der Waals surface area contributed by atoms with Gasteiger partial charge in [-0.15, -0.1) is 10.2 Å². The van der Waals surface area contributed by atoms with Crippen LogP contribution in [0.3, 0.4) is 0 Å². The standard InChI is InChI=1S/C21H17N5O3/c1-25-17-5-3-4-6-18(17)26(2)21(25)16(11-22)19(27)12-28-15-9-7-14(8-10-15)20-24-23-13-29-20/h3-10,13H,12H2,1-2H3. The quantitative estimate of drug-likeness (QED) is 0.487. The van der Waals surface area contributed by atoms with Crippen LogP contribution in [0, 0.1) is 11.3 Å². The maximum Gasteiger partial charge on any atom is 0.247 e. The van der Waals surface area contributed by atoms with Crippen LogP contribution in [0.25, 0.3) is 11.5 Å². The normalized spacial score (nSPS) is 12.5. The molecule has 0 saturated heterocycles. The highest BCUT2D eigenvalue weighted by Crippen LogP contribution is 2.40. The average molecular weight is 387 g/mol. The van der Waals surface area contributed by atoms with E-state index in [-0.39, 0.29) is 12.2 Å². The molecule has 2 heterocycles. The molecule has 0 aliphatic carbocycles. The van der Waals surface area contributed by atoms with Crippen molar-refractivity contribution >= 4 is 17.2 Å². The van der Waals surface area contributed by atoms with Crippen LogP contribution in [0.4, 0.5) is 11.4 Å². The third-order valence-electron chi connectivity index (χ3n) is 4.69. The minimum atomic E-state index is -0.394. The molecule has 144 valence electrons. The summed E-state index contributed by atoms with van der Waals surface area (Å²) in [5.41, 5.74) is 2.66. The number of hydrogen-bond donors (Lipinski definition) is 0. The van der Waals surface area contributed by atoms with Gasteiger partial charge in [-0.1, -0.05) is 12.1 Å². The minimum Gasteiger partial charge on any atom is -0.485 e. The second-order valence-corrected chi connectivity index (χ2v) is 6.40. The smallest absolute Gasteiger partial charge is 0.247 e. The summed E-state index contributed by atoms with van der Waals surface area (Å²) in [6, 6.07) is 16.7. The Bertz CT molecular complexity index is 1080. The first-order valence-corrected chi connectivity index (χ1v) is 8.83. The third-order valence-corrected chi connectivity index (χ3v) is 4.69. The Labute approximate surface area is 167 Å². The topological polar surface area (TPSA) is 95.5 Å². The zero-order valence-electron chi connectivity index (χ0n) is 15.9. The van der Waals surface area contributed by atoms with Crippen molar-refractivity contribution in [1.82, 2.24) is 10.2 Å². The highest BCUT2D eigenvalue weighted by atomic mass is 16.5. The largest absolute Gasteiger partial charge is 0.485 e. The van der Waals surface area contributed by atoms with Crippen LogP contribution in [0.15, 0.2) is 70.7 Å². The van der Waals surface area contributed by atoms with E-state index in [1.165, 1.54) is 6.39 Å². The Balaban J connectivity index is 1.50. The lowest BCUT2D eigenvalue weighted by molar-refractivity contribution is -0.117. The highest BCUT2D eigenvalue weighted by Gasteiger charge is 2.31. The fourth-order valence-electron chi connectivity index (χ4n) is 3.27. The number of fused-ring (bicyclic) bond motifs is 1. The van der Waals surface area contributed by atoms with Gasteiger partial charge in [0.1, 0.15) is 23.2 Å². The fraction of sp³-hybridized carbons (Fsp3) is 0.143. The van der Waals surface area contributed by atoms with E-state index in [2.05, 4.69) is 10.2 Å². The molecule has 3 aromatic rings. The maximum atomic E-state index is 12.7. The van der Waals surface area contributed by atoms with Gasteiger partial charge in [-0.25, -0.2) is 0 Å². The minimum absolute atomic E-state index is 0.0497. The Morgan fingerprint density at radius 2 is 1.76 bits per heavy atom. The number of aromatic nitrogens is 2. The van der Waals surface area contributed by atoms with Crippen molar-refractivity contribution in [2.24, 2.45) is 0 Å². The van der Waals surface area contributed by atoms with Gasteiger partial charge >= 0.3 is 0 Å². The summed E-state index contributed by atoms with van der Waals surface area (Å²) in [7, 11) is 3.67. The number of para-hydroxylation sites is 2. The van der Waals surface area contributed by atoms with Gasteiger partial charge in [0.25, 0.3) is 0 Å². The van der Waals surface area contributed by atoms with E-state index < -0.39 is 5.78 Å². The molecule has 0 unspecified atom stereocenters. The summed E-state index contributed by atoms with van der Waals surface area (Å²) >= 11 is 0. The predicted molar refractivity (Wildman–Crippen MR) is 106 cm³/mol. The predicted octanol–water partition coefficient (Wildman–Crippen LogP) is 3.01. The Morgan fingerprint density at radius 1 is 1.10 bits per heavy atom. The van der Waals surface area contributed by atoms with Crippen molar-refractivity contribution in [3.8, 4) is 23.3 Å². The van der Waals surface area contributed by atoms with Gasteiger partial charge < -0.3 is 19.0 Å². The van der Waals surface area contributed by atoms with Crippen molar-refractivity contribution in [1.29, 1.82) is 5.26 Å². The molecule has 0 fully saturated rings. The lowest BCUT2D eigenvalue weighted by atomic mass is 10.2. The molecule has 4 rings (SSSR count). The van der Waals surface area contributed by atoms with E-state index in [4.69, 9.17) is 9.15 Å². The van der Waals surface area contributed by atoms with Gasteiger partial charge in [-0.3, -0.25) is 4.79 Å². The van der Waals surface area contributed by atoms with Gasteiger partial charge in [-0.05, 0) is 36.4 Å². The first kappa shape index (κ1) is 18.3. The zero-order valence-corrected chi connectivity index (χ0v) is 15.9. The van der Waals surface area contributed by atoms with Crippen LogP contribution in [0.1, 0.15) is 0 Å². The Hall–Kier alpha value is -4.12. The molecule has 1 aliphatic heterocycles. The van der Waals surface area contributed by atoms with Gasteiger partial charge in [0, 0.05) is 19.7 Å². The average Bonchev–Trinajstić information content (AvgIpc) is 3.37. The summed E-state index contributed by atoms with van der Waals surface area (Å²) in [6.07, 6.45) is 1.25. The first-order valence-electron chi connectivity index (χ1n) is 8.83. The van der Waals surface area contributed by atoms with Gasteiger partial charge in [0.05, 0.1) is 11.4 Å². The number of carbonyl (C=O) groups excluding carboxylic acids is 1. The van der Waals surface area contributed by atoms with Gasteiger partial charge in [0.15, 0.2) is 6.61 Å². The second kappa shape index (κ2) is 7.48. The number of anilines is 2. The van der Waals surface area contributed by atoms with Crippen LogP contribution >= 0.6 is 0 Å². The SMILES string of the molecule is CN1C(=C(C#N)C(=O)COc2ccc(-c3nnco3)cc2)N(C)c2ccccc21. The molecule has 0 amide bonds. The summed E-state index contributed by atoms with van der Waals surface area (Å²) < 4.78 is 10.7. The van der Waals surface area contributed by atoms with Crippen molar-refractivity contribution < 1.29 is 13.9 Å². The number of benzene rings is 2. The van der Waals surface area contributed by atoms with E-state index in [0.29, 0.717) is 17.5 Å². The molecule has 0 saturated carbocycles. The molecule has 8 heteroatoms. The molecule has 0 bridgehead atoms. The number of nitriles is 1. The molecule has 1 aromatic heterocycles. The van der Waals surface area contributed by atoms with Crippen LogP contribution in [0.2, 0.25) is 0 Å². The van der Waals surface area contributed by atoms with E-state index in [0.717, 1.165) is 16.9 Å². The van der Waals surface area contributed by atoms with Crippen LogP contribution in [0.5, 0.6) is 5.75 Å². The first-order chi connectivity index (χ1) is 14.1. The van der Waals surface area contributed by atoms with E-state index in [1.807, 2.05) is 54.2 Å². The molecular weight excluding hydrogens is 370 g/mol. The molecule has 29 heavy (non-hydrogen) atoms. The Morgan fingerprint density at radius 3 is 2.31 bits per heavy atom. The molecule has 0 atom stereocenters. The molecule has 1 aliphatic rings. The highest BCUT2D eigenvalue weighted by molar-refractivity contribution is 6.03. The zero-order chi connectivity index (χ0) is 20.4. The molecule has 8 nitrogen and oxygen atoms in total. The van der Waals surface area contributed by atoms with Crippen LogP contribution < -0.4 is 14.5 Å². The number of hydrogen-bond acceptors (Lipinski definition) is 8. The molecular formula is C21H17N5O3.